The third-order valence-corrected chi connectivity index (χ3v) is 4.56. The zero-order chi connectivity index (χ0) is 14.7. The molecule has 0 aromatic carbocycles. The maximum absolute atomic E-state index is 11.3. The minimum absolute atomic E-state index is 0.202. The van der Waals surface area contributed by atoms with Gasteiger partial charge in [0.05, 0.1) is 18.9 Å². The lowest BCUT2D eigenvalue weighted by molar-refractivity contribution is -0.140. The van der Waals surface area contributed by atoms with Gasteiger partial charge in [0.15, 0.2) is 0 Å². The molecular weight excluding hydrogens is 274 g/mol. The molecule has 0 aliphatic carbocycles. The Balaban J connectivity index is 2.36. The first-order valence-electron chi connectivity index (χ1n) is 6.61. The molecule has 0 N–H and O–H groups in total. The lowest BCUT2D eigenvalue weighted by Crippen LogP contribution is -2.27. The lowest BCUT2D eigenvalue weighted by atomic mass is 10.2. The van der Waals surface area contributed by atoms with Crippen LogP contribution >= 0.6 is 11.3 Å². The molecule has 0 unspecified atom stereocenters. The molecule has 0 bridgehead atoms. The highest BCUT2D eigenvalue weighted by Gasteiger charge is 2.17. The molecule has 0 aliphatic heterocycles. The zero-order valence-corrected chi connectivity index (χ0v) is 13.1. The van der Waals surface area contributed by atoms with E-state index in [1.807, 2.05) is 0 Å². The Labute approximate surface area is 122 Å². The molecule has 0 saturated heterocycles. The molecule has 108 valence electrons. The van der Waals surface area contributed by atoms with Crippen molar-refractivity contribution in [2.75, 3.05) is 25.1 Å². The van der Waals surface area contributed by atoms with Crippen molar-refractivity contribution in [3.63, 3.8) is 0 Å². The highest BCUT2D eigenvalue weighted by molar-refractivity contribution is 7.18. The molecule has 0 spiro atoms. The fourth-order valence-electron chi connectivity index (χ4n) is 2.15. The van der Waals surface area contributed by atoms with Crippen LogP contribution in [0.25, 0.3) is 10.2 Å². The van der Waals surface area contributed by atoms with Crippen LogP contribution in [0.15, 0.2) is 6.33 Å². The zero-order valence-electron chi connectivity index (χ0n) is 12.3. The first-order chi connectivity index (χ1) is 9.58. The van der Waals surface area contributed by atoms with Crippen molar-refractivity contribution in [1.29, 1.82) is 0 Å². The minimum atomic E-state index is -0.202. The van der Waals surface area contributed by atoms with Gasteiger partial charge < -0.3 is 9.64 Å². The summed E-state index contributed by atoms with van der Waals surface area (Å²) in [6, 6.07) is 0. The SMILES string of the molecule is CCN(CCC(=O)OC)c1ncnc2sc(C)c(C)c12. The van der Waals surface area contributed by atoms with Gasteiger partial charge in [-0.2, -0.15) is 0 Å². The van der Waals surface area contributed by atoms with Crippen LogP contribution in [0.3, 0.4) is 0 Å². The Morgan fingerprint density at radius 2 is 2.15 bits per heavy atom. The van der Waals surface area contributed by atoms with E-state index in [2.05, 4.69) is 35.6 Å². The van der Waals surface area contributed by atoms with Crippen LogP contribution in [-0.4, -0.2) is 36.1 Å². The standard InChI is InChI=1S/C14H19N3O2S/c1-5-17(7-6-11(18)19-4)13-12-9(2)10(3)20-14(12)16-8-15-13/h8H,5-7H2,1-4H3. The summed E-state index contributed by atoms with van der Waals surface area (Å²) in [5, 5.41) is 1.10. The first-order valence-corrected chi connectivity index (χ1v) is 7.42. The summed E-state index contributed by atoms with van der Waals surface area (Å²) in [6.07, 6.45) is 1.95. The van der Waals surface area contributed by atoms with Crippen molar-refractivity contribution in [2.45, 2.75) is 27.2 Å². The van der Waals surface area contributed by atoms with Crippen LogP contribution in [0.1, 0.15) is 23.8 Å². The lowest BCUT2D eigenvalue weighted by Gasteiger charge is -2.22. The van der Waals surface area contributed by atoms with E-state index in [4.69, 9.17) is 4.74 Å². The summed E-state index contributed by atoms with van der Waals surface area (Å²) >= 11 is 1.68. The number of nitrogens with zero attached hydrogens (tertiary/aromatic N) is 3. The van der Waals surface area contributed by atoms with Gasteiger partial charge in [0.25, 0.3) is 0 Å². The fourth-order valence-corrected chi connectivity index (χ4v) is 3.14. The minimum Gasteiger partial charge on any atom is -0.469 e. The van der Waals surface area contributed by atoms with Crippen molar-refractivity contribution < 1.29 is 9.53 Å². The van der Waals surface area contributed by atoms with Crippen molar-refractivity contribution >= 4 is 33.3 Å². The Bertz CT molecular complexity index is 624. The number of esters is 1. The van der Waals surface area contributed by atoms with E-state index < -0.39 is 0 Å². The third-order valence-electron chi connectivity index (χ3n) is 3.44. The monoisotopic (exact) mass is 293 g/mol. The topological polar surface area (TPSA) is 55.3 Å². The number of fused-ring (bicyclic) bond motifs is 1. The van der Waals surface area contributed by atoms with Crippen LogP contribution in [0.5, 0.6) is 0 Å². The van der Waals surface area contributed by atoms with E-state index in [-0.39, 0.29) is 5.97 Å². The summed E-state index contributed by atoms with van der Waals surface area (Å²) in [5.74, 6) is 0.704. The van der Waals surface area contributed by atoms with E-state index in [1.165, 1.54) is 17.6 Å². The summed E-state index contributed by atoms with van der Waals surface area (Å²) < 4.78 is 4.70. The van der Waals surface area contributed by atoms with Gasteiger partial charge in [-0.3, -0.25) is 4.79 Å². The van der Waals surface area contributed by atoms with Gasteiger partial charge in [-0.05, 0) is 26.3 Å². The van der Waals surface area contributed by atoms with Gasteiger partial charge in [-0.1, -0.05) is 0 Å². The number of thiophene rings is 1. The van der Waals surface area contributed by atoms with Gasteiger partial charge >= 0.3 is 5.97 Å². The molecule has 2 aromatic rings. The molecule has 0 fully saturated rings. The number of methoxy groups -OCH3 is 1. The molecule has 6 heteroatoms. The Hall–Kier alpha value is -1.69. The maximum atomic E-state index is 11.3. The molecule has 0 saturated carbocycles. The molecule has 2 aromatic heterocycles. The number of ether oxygens (including phenoxy) is 1. The highest BCUT2D eigenvalue weighted by atomic mass is 32.1. The molecular formula is C14H19N3O2S. The molecule has 0 radical (unpaired) electrons. The fraction of sp³-hybridized carbons (Fsp3) is 0.500. The van der Waals surface area contributed by atoms with Gasteiger partial charge in [0.1, 0.15) is 17.0 Å². The summed E-state index contributed by atoms with van der Waals surface area (Å²) in [4.78, 5) is 24.4. The van der Waals surface area contributed by atoms with Crippen LogP contribution in [0.2, 0.25) is 0 Å². The number of carbonyl (C=O) groups excluding carboxylic acids is 1. The number of hydrogen-bond donors (Lipinski definition) is 0. The first kappa shape index (κ1) is 14.7. The maximum Gasteiger partial charge on any atom is 0.307 e. The van der Waals surface area contributed by atoms with Crippen molar-refractivity contribution in [2.24, 2.45) is 0 Å². The number of hydrogen-bond acceptors (Lipinski definition) is 6. The van der Waals surface area contributed by atoms with Gasteiger partial charge in [0.2, 0.25) is 0 Å². The second kappa shape index (κ2) is 6.17. The van der Waals surface area contributed by atoms with Crippen molar-refractivity contribution in [1.82, 2.24) is 9.97 Å². The van der Waals surface area contributed by atoms with Crippen LogP contribution in [0.4, 0.5) is 5.82 Å². The predicted molar refractivity (Wildman–Crippen MR) is 81.4 cm³/mol. The largest absolute Gasteiger partial charge is 0.469 e. The van der Waals surface area contributed by atoms with E-state index in [0.717, 1.165) is 22.6 Å². The third kappa shape index (κ3) is 2.75. The Kier molecular flexibility index (Phi) is 4.54. The number of aromatic nitrogens is 2. The van der Waals surface area contributed by atoms with E-state index in [1.54, 1.807) is 17.7 Å². The number of anilines is 1. The summed E-state index contributed by atoms with van der Waals surface area (Å²) in [7, 11) is 1.41. The Morgan fingerprint density at radius 1 is 1.40 bits per heavy atom. The second-order valence-corrected chi connectivity index (χ2v) is 5.77. The average molecular weight is 293 g/mol. The summed E-state index contributed by atoms with van der Waals surface area (Å²) in [5.41, 5.74) is 1.22. The van der Waals surface area contributed by atoms with Crippen molar-refractivity contribution in [3.05, 3.63) is 16.8 Å². The van der Waals surface area contributed by atoms with Crippen molar-refractivity contribution in [3.8, 4) is 0 Å². The van der Waals surface area contributed by atoms with Gasteiger partial charge in [-0.25, -0.2) is 9.97 Å². The molecule has 0 aliphatic rings. The Morgan fingerprint density at radius 3 is 2.80 bits per heavy atom. The summed E-state index contributed by atoms with van der Waals surface area (Å²) in [6.45, 7) is 7.63. The van der Waals surface area contributed by atoms with E-state index in [9.17, 15) is 4.79 Å². The number of rotatable bonds is 5. The number of aryl methyl sites for hydroxylation is 2. The molecule has 2 heterocycles. The van der Waals surface area contributed by atoms with Crippen LogP contribution in [-0.2, 0) is 9.53 Å². The van der Waals surface area contributed by atoms with Gasteiger partial charge in [0, 0.05) is 18.0 Å². The quantitative estimate of drug-likeness (QED) is 0.793. The van der Waals surface area contributed by atoms with E-state index in [0.29, 0.717) is 13.0 Å². The van der Waals surface area contributed by atoms with Gasteiger partial charge in [-0.15, -0.1) is 11.3 Å². The highest BCUT2D eigenvalue weighted by Crippen LogP contribution is 2.34. The molecule has 20 heavy (non-hydrogen) atoms. The normalized spacial score (nSPS) is 10.8. The van der Waals surface area contributed by atoms with Crippen LogP contribution in [0, 0.1) is 13.8 Å². The predicted octanol–water partition coefficient (Wildman–Crippen LogP) is 2.70. The molecule has 0 atom stereocenters. The van der Waals surface area contributed by atoms with E-state index >= 15 is 0 Å². The molecule has 2 rings (SSSR count). The average Bonchev–Trinajstić information content (AvgIpc) is 2.75. The number of carbonyl (C=O) groups is 1. The van der Waals surface area contributed by atoms with Crippen LogP contribution < -0.4 is 4.90 Å². The smallest absolute Gasteiger partial charge is 0.307 e. The molecule has 0 amide bonds. The second-order valence-electron chi connectivity index (χ2n) is 4.57. The molecule has 5 nitrogen and oxygen atoms in total.